The zero-order valence-electron chi connectivity index (χ0n) is 20.1. The third-order valence-corrected chi connectivity index (χ3v) is 5.65. The van der Waals surface area contributed by atoms with E-state index >= 15 is 0 Å². The number of methoxy groups -OCH3 is 2. The van der Waals surface area contributed by atoms with Crippen LogP contribution in [0.2, 0.25) is 0 Å². The third kappa shape index (κ3) is 5.48. The summed E-state index contributed by atoms with van der Waals surface area (Å²) in [6.45, 7) is 3.95. The van der Waals surface area contributed by atoms with Crippen LogP contribution in [0.3, 0.4) is 0 Å². The van der Waals surface area contributed by atoms with E-state index < -0.39 is 17.4 Å². The fourth-order valence-corrected chi connectivity index (χ4v) is 4.01. The number of para-hydroxylation sites is 1. The summed E-state index contributed by atoms with van der Waals surface area (Å²) in [5.74, 6) is 1.12. The second-order valence-corrected chi connectivity index (χ2v) is 8.73. The molecular weight excluding hydrogens is 448 g/mol. The van der Waals surface area contributed by atoms with E-state index in [0.29, 0.717) is 29.2 Å². The van der Waals surface area contributed by atoms with Gasteiger partial charge in [-0.05, 0) is 50.2 Å². The Kier molecular flexibility index (Phi) is 6.82. The van der Waals surface area contributed by atoms with Crippen LogP contribution < -0.4 is 24.8 Å². The second kappa shape index (κ2) is 9.97. The van der Waals surface area contributed by atoms with E-state index in [4.69, 9.17) is 18.6 Å². The van der Waals surface area contributed by atoms with Gasteiger partial charge in [-0.25, -0.2) is 0 Å². The molecule has 0 spiro atoms. The van der Waals surface area contributed by atoms with Crippen molar-refractivity contribution in [1.29, 1.82) is 0 Å². The third-order valence-electron chi connectivity index (χ3n) is 5.65. The molecular formula is C27H28N2O6. The predicted octanol–water partition coefficient (Wildman–Crippen LogP) is 4.49. The standard InChI is InChI=1S/C27H28N2O6/c1-27(2)16-21(19-9-5-6-10-22(19)35-27)29-26(31)20(15-18-8-7-13-34-18)28-25(30)17-11-12-23(32-3)24(14-17)33-4/h5-15,21H,16H2,1-4H3,(H,28,30)(H,29,31)/b20-15-/t21-/m1/s1. The van der Waals surface area contributed by atoms with E-state index in [9.17, 15) is 9.59 Å². The first kappa shape index (κ1) is 23.9. The molecule has 182 valence electrons. The minimum atomic E-state index is -0.480. The summed E-state index contributed by atoms with van der Waals surface area (Å²) >= 11 is 0. The van der Waals surface area contributed by atoms with E-state index in [1.165, 1.54) is 26.6 Å². The Morgan fingerprint density at radius 1 is 1.03 bits per heavy atom. The Morgan fingerprint density at radius 3 is 2.51 bits per heavy atom. The molecule has 2 N–H and O–H groups in total. The van der Waals surface area contributed by atoms with Gasteiger partial charge in [-0.3, -0.25) is 9.59 Å². The number of nitrogens with one attached hydrogen (secondary N) is 2. The number of furan rings is 1. The number of fused-ring (bicyclic) bond motifs is 1. The minimum Gasteiger partial charge on any atom is -0.493 e. The van der Waals surface area contributed by atoms with Crippen molar-refractivity contribution >= 4 is 17.9 Å². The average molecular weight is 477 g/mol. The van der Waals surface area contributed by atoms with E-state index in [1.54, 1.807) is 30.3 Å². The van der Waals surface area contributed by atoms with Gasteiger partial charge in [0, 0.05) is 23.6 Å². The molecule has 0 aliphatic carbocycles. The first-order valence-electron chi connectivity index (χ1n) is 11.2. The monoisotopic (exact) mass is 476 g/mol. The molecule has 0 unspecified atom stereocenters. The van der Waals surface area contributed by atoms with E-state index in [2.05, 4.69) is 10.6 Å². The number of ether oxygens (including phenoxy) is 3. The molecule has 0 fully saturated rings. The summed E-state index contributed by atoms with van der Waals surface area (Å²) in [5, 5.41) is 5.77. The molecule has 8 heteroatoms. The van der Waals surface area contributed by atoms with Crippen molar-refractivity contribution in [2.24, 2.45) is 0 Å². The summed E-state index contributed by atoms with van der Waals surface area (Å²) < 4.78 is 22.0. The Bertz CT molecular complexity index is 1250. The summed E-state index contributed by atoms with van der Waals surface area (Å²) in [5.41, 5.74) is 0.753. The largest absolute Gasteiger partial charge is 0.493 e. The lowest BCUT2D eigenvalue weighted by molar-refractivity contribution is -0.119. The van der Waals surface area contributed by atoms with Crippen LogP contribution >= 0.6 is 0 Å². The lowest BCUT2D eigenvalue weighted by atomic mass is 9.89. The highest BCUT2D eigenvalue weighted by atomic mass is 16.5. The van der Waals surface area contributed by atoms with Gasteiger partial charge in [-0.2, -0.15) is 0 Å². The van der Waals surface area contributed by atoms with Gasteiger partial charge < -0.3 is 29.3 Å². The number of carbonyl (C=O) groups is 2. The number of benzene rings is 2. The van der Waals surface area contributed by atoms with Crippen LogP contribution in [-0.4, -0.2) is 31.6 Å². The molecule has 8 nitrogen and oxygen atoms in total. The van der Waals surface area contributed by atoms with Crippen LogP contribution in [0.1, 0.15) is 48.0 Å². The fraction of sp³-hybridized carbons (Fsp3) is 0.259. The molecule has 2 aromatic carbocycles. The average Bonchev–Trinajstić information content (AvgIpc) is 3.35. The van der Waals surface area contributed by atoms with Gasteiger partial charge in [0.2, 0.25) is 0 Å². The maximum Gasteiger partial charge on any atom is 0.268 e. The van der Waals surface area contributed by atoms with Crippen LogP contribution in [0, 0.1) is 0 Å². The van der Waals surface area contributed by atoms with Crippen molar-refractivity contribution in [2.45, 2.75) is 31.9 Å². The van der Waals surface area contributed by atoms with E-state index in [1.807, 2.05) is 38.1 Å². The maximum atomic E-state index is 13.4. The second-order valence-electron chi connectivity index (χ2n) is 8.73. The van der Waals surface area contributed by atoms with Gasteiger partial charge in [0.05, 0.1) is 26.5 Å². The first-order valence-corrected chi connectivity index (χ1v) is 11.2. The van der Waals surface area contributed by atoms with Crippen molar-refractivity contribution in [3.63, 3.8) is 0 Å². The normalized spacial score (nSPS) is 16.5. The van der Waals surface area contributed by atoms with E-state index in [0.717, 1.165) is 11.3 Å². The topological polar surface area (TPSA) is 99.0 Å². The summed E-state index contributed by atoms with van der Waals surface area (Å²) in [7, 11) is 3.00. The Morgan fingerprint density at radius 2 is 1.80 bits per heavy atom. The van der Waals surface area contributed by atoms with Crippen LogP contribution in [0.15, 0.2) is 71.0 Å². The number of carbonyl (C=O) groups excluding carboxylic acids is 2. The smallest absolute Gasteiger partial charge is 0.268 e. The molecule has 1 aliphatic heterocycles. The lowest BCUT2D eigenvalue weighted by Crippen LogP contribution is -2.43. The van der Waals surface area contributed by atoms with Crippen LogP contribution in [0.5, 0.6) is 17.2 Å². The molecule has 3 aromatic rings. The molecule has 0 bridgehead atoms. The van der Waals surface area contributed by atoms with Crippen molar-refractivity contribution < 1.29 is 28.2 Å². The molecule has 0 saturated heterocycles. The van der Waals surface area contributed by atoms with E-state index in [-0.39, 0.29) is 11.7 Å². The molecule has 0 saturated carbocycles. The Labute approximate surface area is 203 Å². The van der Waals surface area contributed by atoms with Gasteiger partial charge in [-0.1, -0.05) is 18.2 Å². The highest BCUT2D eigenvalue weighted by Gasteiger charge is 2.35. The predicted molar refractivity (Wildman–Crippen MR) is 130 cm³/mol. The van der Waals surface area contributed by atoms with Crippen molar-refractivity contribution in [3.8, 4) is 17.2 Å². The number of rotatable bonds is 7. The van der Waals surface area contributed by atoms with Gasteiger partial charge >= 0.3 is 0 Å². The first-order chi connectivity index (χ1) is 16.8. The molecule has 1 aromatic heterocycles. The zero-order valence-corrected chi connectivity index (χ0v) is 20.1. The SMILES string of the molecule is COc1ccc(C(=O)N/C(=C\c2ccco2)C(=O)N[C@@H]2CC(C)(C)Oc3ccccc32)cc1OC. The molecule has 0 radical (unpaired) electrons. The summed E-state index contributed by atoms with van der Waals surface area (Å²) in [4.78, 5) is 26.5. The van der Waals surface area contributed by atoms with Crippen LogP contribution in [0.25, 0.3) is 6.08 Å². The Balaban J connectivity index is 1.60. The highest BCUT2D eigenvalue weighted by molar-refractivity contribution is 6.05. The lowest BCUT2D eigenvalue weighted by Gasteiger charge is -2.38. The van der Waals surface area contributed by atoms with Gasteiger partial charge in [0.1, 0.15) is 22.8 Å². The highest BCUT2D eigenvalue weighted by Crippen LogP contribution is 2.39. The summed E-state index contributed by atoms with van der Waals surface area (Å²) in [6, 6.07) is 15.5. The minimum absolute atomic E-state index is 0.0431. The Hall–Kier alpha value is -4.20. The number of hydrogen-bond acceptors (Lipinski definition) is 6. The molecule has 1 aliphatic rings. The van der Waals surface area contributed by atoms with Crippen LogP contribution in [-0.2, 0) is 4.79 Å². The molecule has 4 rings (SSSR count). The van der Waals surface area contributed by atoms with Gasteiger partial charge in [0.15, 0.2) is 11.5 Å². The number of hydrogen-bond donors (Lipinski definition) is 2. The quantitative estimate of drug-likeness (QED) is 0.488. The summed E-state index contributed by atoms with van der Waals surface area (Å²) in [6.07, 6.45) is 3.55. The molecule has 1 atom stereocenters. The molecule has 35 heavy (non-hydrogen) atoms. The fourth-order valence-electron chi connectivity index (χ4n) is 4.01. The van der Waals surface area contributed by atoms with Crippen molar-refractivity contribution in [3.05, 3.63) is 83.4 Å². The molecule has 2 amide bonds. The molecule has 2 heterocycles. The van der Waals surface area contributed by atoms with Crippen molar-refractivity contribution in [2.75, 3.05) is 14.2 Å². The number of amides is 2. The van der Waals surface area contributed by atoms with Crippen molar-refractivity contribution in [1.82, 2.24) is 10.6 Å². The maximum absolute atomic E-state index is 13.4. The van der Waals surface area contributed by atoms with Crippen LogP contribution in [0.4, 0.5) is 0 Å². The van der Waals surface area contributed by atoms with Gasteiger partial charge in [0.25, 0.3) is 11.8 Å². The zero-order chi connectivity index (χ0) is 25.0. The van der Waals surface area contributed by atoms with Gasteiger partial charge in [-0.15, -0.1) is 0 Å².